The summed E-state index contributed by atoms with van der Waals surface area (Å²) < 4.78 is 0. The van der Waals surface area contributed by atoms with E-state index in [2.05, 4.69) is 10.6 Å². The van der Waals surface area contributed by atoms with Crippen LogP contribution >= 0.6 is 11.8 Å². The van der Waals surface area contributed by atoms with Crippen molar-refractivity contribution in [3.8, 4) is 0 Å². The zero-order chi connectivity index (χ0) is 13.1. The second-order valence-corrected chi connectivity index (χ2v) is 5.34. The first-order valence-corrected chi connectivity index (χ1v) is 7.22. The summed E-state index contributed by atoms with van der Waals surface area (Å²) in [5.74, 6) is 0.786. The van der Waals surface area contributed by atoms with Crippen LogP contribution in [-0.4, -0.2) is 29.9 Å². The van der Waals surface area contributed by atoms with E-state index in [1.165, 1.54) is 0 Å². The highest BCUT2D eigenvalue weighted by molar-refractivity contribution is 7.98. The number of benzene rings is 1. The number of carbonyl (C=O) groups excluding carboxylic acids is 2. The summed E-state index contributed by atoms with van der Waals surface area (Å²) >= 11 is 1.70. The predicted molar refractivity (Wildman–Crippen MR) is 74.1 cm³/mol. The van der Waals surface area contributed by atoms with Crippen molar-refractivity contribution in [3.05, 3.63) is 29.3 Å². The van der Waals surface area contributed by atoms with Gasteiger partial charge in [-0.15, -0.1) is 0 Å². The molecule has 1 heterocycles. The van der Waals surface area contributed by atoms with Crippen LogP contribution in [0.5, 0.6) is 0 Å². The van der Waals surface area contributed by atoms with Gasteiger partial charge in [0, 0.05) is 23.0 Å². The molecule has 0 bridgehead atoms. The van der Waals surface area contributed by atoms with Crippen molar-refractivity contribution >= 4 is 29.3 Å². The molecule has 2 N–H and O–H groups in total. The van der Waals surface area contributed by atoms with Crippen LogP contribution in [0.15, 0.2) is 18.2 Å². The average molecular weight is 264 g/mol. The molecule has 0 aliphatic carbocycles. The first-order chi connectivity index (χ1) is 8.60. The maximum absolute atomic E-state index is 12.0. The average Bonchev–Trinajstić information content (AvgIpc) is 2.68. The van der Waals surface area contributed by atoms with Gasteiger partial charge in [0.05, 0.1) is 6.42 Å². The van der Waals surface area contributed by atoms with Crippen molar-refractivity contribution in [1.29, 1.82) is 0 Å². The molecule has 18 heavy (non-hydrogen) atoms. The molecule has 0 fully saturated rings. The van der Waals surface area contributed by atoms with Crippen LogP contribution in [0.3, 0.4) is 0 Å². The van der Waals surface area contributed by atoms with Gasteiger partial charge in [0.1, 0.15) is 0 Å². The second-order valence-electron chi connectivity index (χ2n) is 4.43. The summed E-state index contributed by atoms with van der Waals surface area (Å²) in [6.07, 6.45) is 2.37. The maximum atomic E-state index is 12.0. The van der Waals surface area contributed by atoms with E-state index in [0.29, 0.717) is 12.0 Å². The zero-order valence-electron chi connectivity index (χ0n) is 10.4. The maximum Gasteiger partial charge on any atom is 0.251 e. The summed E-state index contributed by atoms with van der Waals surface area (Å²) in [7, 11) is 0. The molecule has 0 aromatic heterocycles. The highest BCUT2D eigenvalue weighted by Gasteiger charge is 2.19. The summed E-state index contributed by atoms with van der Waals surface area (Å²) in [6, 6.07) is 5.45. The number of carbonyl (C=O) groups is 2. The number of hydrogen-bond donors (Lipinski definition) is 2. The predicted octanol–water partition coefficient (Wildman–Crippen LogP) is 1.66. The number of anilines is 1. The molecule has 5 heteroatoms. The van der Waals surface area contributed by atoms with E-state index in [-0.39, 0.29) is 17.9 Å². The first kappa shape index (κ1) is 13.0. The number of thioether (sulfide) groups is 1. The van der Waals surface area contributed by atoms with Crippen molar-refractivity contribution in [2.75, 3.05) is 17.3 Å². The van der Waals surface area contributed by atoms with Crippen LogP contribution < -0.4 is 10.6 Å². The van der Waals surface area contributed by atoms with Gasteiger partial charge in [-0.3, -0.25) is 9.59 Å². The van der Waals surface area contributed by atoms with Gasteiger partial charge < -0.3 is 10.6 Å². The highest BCUT2D eigenvalue weighted by Crippen LogP contribution is 2.23. The first-order valence-electron chi connectivity index (χ1n) is 5.82. The van der Waals surface area contributed by atoms with Gasteiger partial charge in [-0.1, -0.05) is 0 Å². The Bertz CT molecular complexity index is 488. The molecule has 0 saturated carbocycles. The lowest BCUT2D eigenvalue weighted by Crippen LogP contribution is -2.34. The van der Waals surface area contributed by atoms with E-state index in [1.807, 2.05) is 13.2 Å². The highest BCUT2D eigenvalue weighted by atomic mass is 32.2. The molecule has 1 aliphatic heterocycles. The van der Waals surface area contributed by atoms with Crippen molar-refractivity contribution in [1.82, 2.24) is 5.32 Å². The van der Waals surface area contributed by atoms with Crippen LogP contribution in [0, 0.1) is 0 Å². The lowest BCUT2D eigenvalue weighted by atomic mass is 10.1. The Kier molecular flexibility index (Phi) is 3.91. The summed E-state index contributed by atoms with van der Waals surface area (Å²) in [5, 5.41) is 5.68. The minimum atomic E-state index is -0.0845. The van der Waals surface area contributed by atoms with Gasteiger partial charge in [0.25, 0.3) is 5.91 Å². The smallest absolute Gasteiger partial charge is 0.251 e. The van der Waals surface area contributed by atoms with E-state index in [1.54, 1.807) is 30.0 Å². The third-order valence-electron chi connectivity index (χ3n) is 2.79. The molecule has 2 rings (SSSR count). The van der Waals surface area contributed by atoms with Crippen molar-refractivity contribution < 1.29 is 9.59 Å². The van der Waals surface area contributed by atoms with E-state index >= 15 is 0 Å². The Labute approximate surface area is 111 Å². The minimum Gasteiger partial charge on any atom is -0.349 e. The molecule has 0 spiro atoms. The van der Waals surface area contributed by atoms with Gasteiger partial charge in [0.2, 0.25) is 5.91 Å². The van der Waals surface area contributed by atoms with E-state index < -0.39 is 0 Å². The normalized spacial score (nSPS) is 14.9. The summed E-state index contributed by atoms with van der Waals surface area (Å²) in [4.78, 5) is 23.2. The molecule has 1 aromatic carbocycles. The number of amides is 2. The third-order valence-corrected chi connectivity index (χ3v) is 3.62. The zero-order valence-corrected chi connectivity index (χ0v) is 11.3. The minimum absolute atomic E-state index is 0.0155. The van der Waals surface area contributed by atoms with Gasteiger partial charge in [-0.25, -0.2) is 0 Å². The second kappa shape index (κ2) is 5.44. The van der Waals surface area contributed by atoms with Crippen LogP contribution in [0.2, 0.25) is 0 Å². The summed E-state index contributed by atoms with van der Waals surface area (Å²) in [6.45, 7) is 1.98. The molecule has 1 atom stereocenters. The largest absolute Gasteiger partial charge is 0.349 e. The van der Waals surface area contributed by atoms with E-state index in [4.69, 9.17) is 0 Å². The van der Waals surface area contributed by atoms with Crippen molar-refractivity contribution in [2.45, 2.75) is 19.4 Å². The quantitative estimate of drug-likeness (QED) is 0.869. The molecule has 2 amide bonds. The third kappa shape index (κ3) is 2.85. The lowest BCUT2D eigenvalue weighted by molar-refractivity contribution is -0.115. The topological polar surface area (TPSA) is 58.2 Å². The Balaban J connectivity index is 2.08. The van der Waals surface area contributed by atoms with Gasteiger partial charge in [0.15, 0.2) is 0 Å². The summed E-state index contributed by atoms with van der Waals surface area (Å²) in [5.41, 5.74) is 2.32. The van der Waals surface area contributed by atoms with Crippen molar-refractivity contribution in [2.24, 2.45) is 0 Å². The van der Waals surface area contributed by atoms with Gasteiger partial charge in [-0.05, 0) is 36.9 Å². The fourth-order valence-corrected chi connectivity index (χ4v) is 2.55. The van der Waals surface area contributed by atoms with E-state index in [9.17, 15) is 9.59 Å². The Hall–Kier alpha value is -1.49. The fraction of sp³-hybridized carbons (Fsp3) is 0.385. The molecular weight excluding hydrogens is 248 g/mol. The Morgan fingerprint density at radius 1 is 1.56 bits per heavy atom. The molecule has 96 valence electrons. The lowest BCUT2D eigenvalue weighted by Gasteiger charge is -2.12. The number of fused-ring (bicyclic) bond motifs is 1. The molecule has 1 aromatic rings. The molecular formula is C13H16N2O2S. The monoisotopic (exact) mass is 264 g/mol. The fourth-order valence-electron chi connectivity index (χ4n) is 1.97. The van der Waals surface area contributed by atoms with Crippen LogP contribution in [0.25, 0.3) is 0 Å². The SMILES string of the molecule is CSCC(C)NC(=O)c1ccc2c(c1)CC(=O)N2. The van der Waals surface area contributed by atoms with Crippen LogP contribution in [0.4, 0.5) is 5.69 Å². The Morgan fingerprint density at radius 2 is 2.33 bits per heavy atom. The molecule has 0 saturated heterocycles. The molecule has 1 unspecified atom stereocenters. The number of hydrogen-bond acceptors (Lipinski definition) is 3. The van der Waals surface area contributed by atoms with Gasteiger partial charge in [-0.2, -0.15) is 11.8 Å². The van der Waals surface area contributed by atoms with Crippen LogP contribution in [-0.2, 0) is 11.2 Å². The number of nitrogens with one attached hydrogen (secondary N) is 2. The van der Waals surface area contributed by atoms with Crippen LogP contribution in [0.1, 0.15) is 22.8 Å². The Morgan fingerprint density at radius 3 is 3.06 bits per heavy atom. The standard InChI is InChI=1S/C13H16N2O2S/c1-8(7-18-2)14-13(17)9-3-4-11-10(5-9)6-12(16)15-11/h3-5,8H,6-7H2,1-2H3,(H,14,17)(H,15,16). The molecule has 4 nitrogen and oxygen atoms in total. The molecule has 0 radical (unpaired) electrons. The van der Waals surface area contributed by atoms with E-state index in [0.717, 1.165) is 17.0 Å². The van der Waals surface area contributed by atoms with Gasteiger partial charge >= 0.3 is 0 Å². The number of rotatable bonds is 4. The van der Waals surface area contributed by atoms with Crippen molar-refractivity contribution in [3.63, 3.8) is 0 Å². The molecule has 1 aliphatic rings.